The van der Waals surface area contributed by atoms with Gasteiger partial charge in [-0.05, 0) is 17.7 Å². The fourth-order valence-corrected chi connectivity index (χ4v) is 1.48. The summed E-state index contributed by atoms with van der Waals surface area (Å²) in [6, 6.07) is 5.84. The topological polar surface area (TPSA) is 102 Å². The lowest BCUT2D eigenvalue weighted by Crippen LogP contribution is -2.44. The minimum absolute atomic E-state index is 0.0714. The Bertz CT molecular complexity index is 434. The van der Waals surface area contributed by atoms with Crippen molar-refractivity contribution in [3.63, 3.8) is 0 Å². The molecular weight excluding hydrogens is 236 g/mol. The molecule has 1 amide bonds. The molecule has 0 fully saturated rings. The van der Waals surface area contributed by atoms with Crippen LogP contribution in [-0.4, -0.2) is 36.7 Å². The van der Waals surface area contributed by atoms with Gasteiger partial charge in [-0.3, -0.25) is 4.79 Å². The minimum Gasteiger partial charge on any atom is -0.480 e. The first-order valence-corrected chi connectivity index (χ1v) is 5.38. The summed E-state index contributed by atoms with van der Waals surface area (Å²) >= 11 is 0. The predicted octanol–water partition coefficient (Wildman–Crippen LogP) is 0.0271. The molecule has 98 valence electrons. The van der Waals surface area contributed by atoms with E-state index < -0.39 is 12.0 Å². The minimum atomic E-state index is -1.13. The van der Waals surface area contributed by atoms with E-state index in [0.717, 1.165) is 5.56 Å². The van der Waals surface area contributed by atoms with Crippen LogP contribution < -0.4 is 11.1 Å². The molecular formula is C12H16N2O4. The first-order chi connectivity index (χ1) is 8.52. The maximum absolute atomic E-state index is 11.6. The highest BCUT2D eigenvalue weighted by atomic mass is 16.5. The Kier molecular flexibility index (Phi) is 5.13. The summed E-state index contributed by atoms with van der Waals surface area (Å²) in [7, 11) is 1.37. The molecule has 18 heavy (non-hydrogen) atoms. The van der Waals surface area contributed by atoms with Gasteiger partial charge < -0.3 is 20.9 Å². The largest absolute Gasteiger partial charge is 0.480 e. The molecule has 1 unspecified atom stereocenters. The van der Waals surface area contributed by atoms with Crippen LogP contribution in [0.3, 0.4) is 0 Å². The van der Waals surface area contributed by atoms with Gasteiger partial charge >= 0.3 is 5.97 Å². The van der Waals surface area contributed by atoms with Crippen molar-refractivity contribution >= 4 is 17.6 Å². The number of ether oxygens (including phenoxy) is 1. The molecule has 6 nitrogen and oxygen atoms in total. The highest BCUT2D eigenvalue weighted by Gasteiger charge is 2.19. The van der Waals surface area contributed by atoms with Crippen molar-refractivity contribution in [3.05, 3.63) is 29.8 Å². The molecule has 0 aliphatic carbocycles. The lowest BCUT2D eigenvalue weighted by atomic mass is 10.1. The Morgan fingerprint density at radius 1 is 1.50 bits per heavy atom. The van der Waals surface area contributed by atoms with Crippen LogP contribution in [0, 0.1) is 0 Å². The van der Waals surface area contributed by atoms with E-state index in [4.69, 9.17) is 15.6 Å². The van der Waals surface area contributed by atoms with Crippen molar-refractivity contribution < 1.29 is 19.4 Å². The van der Waals surface area contributed by atoms with E-state index in [2.05, 4.69) is 5.32 Å². The predicted molar refractivity (Wildman–Crippen MR) is 66.0 cm³/mol. The summed E-state index contributed by atoms with van der Waals surface area (Å²) in [5, 5.41) is 11.2. The molecule has 1 rings (SSSR count). The Balaban J connectivity index is 2.57. The van der Waals surface area contributed by atoms with Gasteiger partial charge in [0.25, 0.3) is 0 Å². The smallest absolute Gasteiger partial charge is 0.328 e. The zero-order valence-corrected chi connectivity index (χ0v) is 10.1. The molecule has 0 aliphatic rings. The maximum atomic E-state index is 11.6. The van der Waals surface area contributed by atoms with Crippen LogP contribution in [0.4, 0.5) is 5.69 Å². The molecule has 0 aliphatic heterocycles. The number of anilines is 1. The number of nitrogens with two attached hydrogens (primary N) is 1. The van der Waals surface area contributed by atoms with Gasteiger partial charge in [0, 0.05) is 12.8 Å². The maximum Gasteiger partial charge on any atom is 0.328 e. The molecule has 6 heteroatoms. The number of rotatable bonds is 6. The zero-order valence-electron chi connectivity index (χ0n) is 10.1. The number of carbonyl (C=O) groups is 2. The van der Waals surface area contributed by atoms with E-state index in [9.17, 15) is 9.59 Å². The van der Waals surface area contributed by atoms with Gasteiger partial charge in [0.05, 0.1) is 13.0 Å². The second-order valence-corrected chi connectivity index (χ2v) is 3.84. The number of nitrogens with one attached hydrogen (secondary N) is 1. The molecule has 0 bridgehead atoms. The monoisotopic (exact) mass is 252 g/mol. The SMILES string of the molecule is COCC(NC(=O)Cc1cccc(N)c1)C(=O)O. The summed E-state index contributed by atoms with van der Waals surface area (Å²) in [6.45, 7) is -0.0714. The Morgan fingerprint density at radius 2 is 2.22 bits per heavy atom. The molecule has 0 aromatic heterocycles. The molecule has 0 spiro atoms. The molecule has 0 saturated heterocycles. The lowest BCUT2D eigenvalue weighted by molar-refractivity contribution is -0.143. The number of hydrogen-bond acceptors (Lipinski definition) is 4. The number of carboxylic acids is 1. The van der Waals surface area contributed by atoms with E-state index in [1.54, 1.807) is 24.3 Å². The van der Waals surface area contributed by atoms with Gasteiger partial charge in [-0.25, -0.2) is 4.79 Å². The van der Waals surface area contributed by atoms with E-state index in [-0.39, 0.29) is 18.9 Å². The van der Waals surface area contributed by atoms with Crippen LogP contribution in [0.2, 0.25) is 0 Å². The van der Waals surface area contributed by atoms with Crippen LogP contribution in [0.25, 0.3) is 0 Å². The third-order valence-corrected chi connectivity index (χ3v) is 2.28. The van der Waals surface area contributed by atoms with Crippen molar-refractivity contribution in [2.75, 3.05) is 19.5 Å². The molecule has 1 aromatic carbocycles. The van der Waals surface area contributed by atoms with Gasteiger partial charge in [-0.2, -0.15) is 0 Å². The summed E-state index contributed by atoms with van der Waals surface area (Å²) in [5.41, 5.74) is 6.88. The second-order valence-electron chi connectivity index (χ2n) is 3.84. The van der Waals surface area contributed by atoms with Crippen LogP contribution in [0.15, 0.2) is 24.3 Å². The average molecular weight is 252 g/mol. The highest BCUT2D eigenvalue weighted by molar-refractivity contribution is 5.85. The number of hydrogen-bond donors (Lipinski definition) is 3. The number of aliphatic carboxylic acids is 1. The first-order valence-electron chi connectivity index (χ1n) is 5.38. The number of carbonyl (C=O) groups excluding carboxylic acids is 1. The van der Waals surface area contributed by atoms with Crippen LogP contribution in [-0.2, 0) is 20.7 Å². The number of amides is 1. The van der Waals surface area contributed by atoms with E-state index in [1.165, 1.54) is 7.11 Å². The first kappa shape index (κ1) is 14.0. The fourth-order valence-electron chi connectivity index (χ4n) is 1.48. The molecule has 0 heterocycles. The third kappa shape index (κ3) is 4.42. The van der Waals surface area contributed by atoms with Crippen molar-refractivity contribution in [1.29, 1.82) is 0 Å². The molecule has 0 saturated carbocycles. The van der Waals surface area contributed by atoms with Crippen LogP contribution in [0.1, 0.15) is 5.56 Å². The van der Waals surface area contributed by atoms with Crippen LogP contribution >= 0.6 is 0 Å². The Labute approximate surface area is 105 Å². The van der Waals surface area contributed by atoms with Gasteiger partial charge in [0.1, 0.15) is 0 Å². The Hall–Kier alpha value is -2.08. The second kappa shape index (κ2) is 6.61. The zero-order chi connectivity index (χ0) is 13.5. The molecule has 1 atom stereocenters. The van der Waals surface area contributed by atoms with Gasteiger partial charge in [0.2, 0.25) is 5.91 Å². The number of methoxy groups -OCH3 is 1. The normalized spacial score (nSPS) is 11.8. The van der Waals surface area contributed by atoms with E-state index in [1.807, 2.05) is 0 Å². The van der Waals surface area contributed by atoms with E-state index >= 15 is 0 Å². The van der Waals surface area contributed by atoms with Crippen molar-refractivity contribution in [2.45, 2.75) is 12.5 Å². The van der Waals surface area contributed by atoms with E-state index in [0.29, 0.717) is 5.69 Å². The third-order valence-electron chi connectivity index (χ3n) is 2.28. The summed E-state index contributed by atoms with van der Waals surface area (Å²) in [4.78, 5) is 22.5. The van der Waals surface area contributed by atoms with Gasteiger partial charge in [-0.15, -0.1) is 0 Å². The molecule has 1 aromatic rings. The fraction of sp³-hybridized carbons (Fsp3) is 0.333. The van der Waals surface area contributed by atoms with Gasteiger partial charge in [0.15, 0.2) is 6.04 Å². The van der Waals surface area contributed by atoms with Crippen molar-refractivity contribution in [1.82, 2.24) is 5.32 Å². The number of nitrogen functional groups attached to an aromatic ring is 1. The van der Waals surface area contributed by atoms with Crippen LogP contribution in [0.5, 0.6) is 0 Å². The molecule has 4 N–H and O–H groups in total. The number of benzene rings is 1. The summed E-state index contributed by atoms with van der Waals surface area (Å²) < 4.78 is 4.72. The quantitative estimate of drug-likeness (QED) is 0.620. The standard InChI is InChI=1S/C12H16N2O4/c1-18-7-10(12(16)17)14-11(15)6-8-3-2-4-9(13)5-8/h2-5,10H,6-7,13H2,1H3,(H,14,15)(H,16,17). The van der Waals surface area contributed by atoms with Crippen molar-refractivity contribution in [2.24, 2.45) is 0 Å². The summed E-state index contributed by atoms with van der Waals surface area (Å²) in [6.07, 6.45) is 0.0819. The lowest BCUT2D eigenvalue weighted by Gasteiger charge is -2.13. The van der Waals surface area contributed by atoms with Gasteiger partial charge in [-0.1, -0.05) is 12.1 Å². The molecule has 0 radical (unpaired) electrons. The number of carboxylic acid groups (broad SMARTS) is 1. The summed E-state index contributed by atoms with van der Waals surface area (Å²) in [5.74, 6) is -1.51. The van der Waals surface area contributed by atoms with Crippen molar-refractivity contribution in [3.8, 4) is 0 Å². The highest BCUT2D eigenvalue weighted by Crippen LogP contribution is 2.07. The average Bonchev–Trinajstić information content (AvgIpc) is 2.28. The Morgan fingerprint density at radius 3 is 2.78 bits per heavy atom.